The maximum atomic E-state index is 11.2. The first-order chi connectivity index (χ1) is 6.27. The summed E-state index contributed by atoms with van der Waals surface area (Å²) in [5.74, 6) is 0. The molecule has 0 aliphatic rings. The zero-order valence-corrected chi connectivity index (χ0v) is 7.99. The van der Waals surface area contributed by atoms with E-state index >= 15 is 0 Å². The summed E-state index contributed by atoms with van der Waals surface area (Å²) in [6.45, 7) is 3.40. The first-order valence-electron chi connectivity index (χ1n) is 4.67. The van der Waals surface area contributed by atoms with Crippen molar-refractivity contribution in [1.29, 1.82) is 0 Å². The average Bonchev–Trinajstić information content (AvgIpc) is 2.16. The molecule has 0 aliphatic carbocycles. The second kappa shape index (κ2) is 4.82. The van der Waals surface area contributed by atoms with Gasteiger partial charge in [-0.1, -0.05) is 6.07 Å². The molecule has 13 heavy (non-hydrogen) atoms. The molecule has 1 rings (SSSR count). The highest BCUT2D eigenvalue weighted by atomic mass is 16.1. The minimum Gasteiger partial charge on any atom is -0.330 e. The molecule has 0 atom stereocenters. The molecule has 0 saturated heterocycles. The lowest BCUT2D eigenvalue weighted by atomic mass is 10.1. The number of pyridine rings is 1. The number of aromatic nitrogens is 1. The summed E-state index contributed by atoms with van der Waals surface area (Å²) < 4.78 is 1.71. The Bertz CT molecular complexity index is 317. The van der Waals surface area contributed by atoms with Crippen LogP contribution in [0.1, 0.15) is 18.9 Å². The van der Waals surface area contributed by atoms with Crippen molar-refractivity contribution in [3.8, 4) is 0 Å². The number of hydrogen-bond donors (Lipinski definition) is 1. The van der Waals surface area contributed by atoms with Crippen molar-refractivity contribution >= 4 is 0 Å². The van der Waals surface area contributed by atoms with Crippen molar-refractivity contribution < 1.29 is 0 Å². The van der Waals surface area contributed by atoms with E-state index in [1.165, 1.54) is 5.56 Å². The van der Waals surface area contributed by atoms with Crippen LogP contribution in [0.25, 0.3) is 0 Å². The van der Waals surface area contributed by atoms with E-state index in [0.29, 0.717) is 6.54 Å². The van der Waals surface area contributed by atoms with Gasteiger partial charge in [0.25, 0.3) is 5.56 Å². The molecule has 0 amide bonds. The molecule has 2 N–H and O–H groups in total. The van der Waals surface area contributed by atoms with Crippen molar-refractivity contribution in [3.05, 3.63) is 34.2 Å². The molecule has 1 aromatic heterocycles. The van der Waals surface area contributed by atoms with Crippen LogP contribution in [0, 0.1) is 0 Å². The van der Waals surface area contributed by atoms with Crippen LogP contribution in [0.3, 0.4) is 0 Å². The van der Waals surface area contributed by atoms with E-state index in [-0.39, 0.29) is 5.56 Å². The zero-order valence-electron chi connectivity index (χ0n) is 7.99. The van der Waals surface area contributed by atoms with E-state index in [1.54, 1.807) is 10.6 Å². The molecular formula is C10H16N2O. The molecule has 0 saturated carbocycles. The van der Waals surface area contributed by atoms with Gasteiger partial charge in [-0.2, -0.15) is 0 Å². The standard InChI is InChI=1S/C10H16N2O/c1-2-12-8-9(4-3-7-11)5-6-10(12)13/h5-6,8H,2-4,7,11H2,1H3. The summed E-state index contributed by atoms with van der Waals surface area (Å²) in [5.41, 5.74) is 6.66. The van der Waals surface area contributed by atoms with Crippen LogP contribution in [0.4, 0.5) is 0 Å². The van der Waals surface area contributed by atoms with Crippen LogP contribution in [-0.2, 0) is 13.0 Å². The Morgan fingerprint density at radius 1 is 1.46 bits per heavy atom. The predicted molar refractivity (Wildman–Crippen MR) is 53.8 cm³/mol. The summed E-state index contributed by atoms with van der Waals surface area (Å²) in [6.07, 6.45) is 3.84. The van der Waals surface area contributed by atoms with E-state index in [2.05, 4.69) is 0 Å². The van der Waals surface area contributed by atoms with Gasteiger partial charge in [0.15, 0.2) is 0 Å². The highest BCUT2D eigenvalue weighted by Gasteiger charge is 1.96. The average molecular weight is 180 g/mol. The highest BCUT2D eigenvalue weighted by Crippen LogP contribution is 1.99. The van der Waals surface area contributed by atoms with Gasteiger partial charge in [0.05, 0.1) is 0 Å². The minimum atomic E-state index is 0.0685. The Morgan fingerprint density at radius 3 is 2.85 bits per heavy atom. The topological polar surface area (TPSA) is 48.0 Å². The van der Waals surface area contributed by atoms with Gasteiger partial charge in [0.1, 0.15) is 0 Å². The van der Waals surface area contributed by atoms with E-state index in [9.17, 15) is 4.79 Å². The molecule has 0 bridgehead atoms. The molecule has 0 spiro atoms. The lowest BCUT2D eigenvalue weighted by Crippen LogP contribution is -2.17. The second-order valence-corrected chi connectivity index (χ2v) is 3.05. The first-order valence-corrected chi connectivity index (χ1v) is 4.67. The smallest absolute Gasteiger partial charge is 0.250 e. The summed E-state index contributed by atoms with van der Waals surface area (Å²) in [6, 6.07) is 3.50. The molecule has 0 aromatic carbocycles. The zero-order chi connectivity index (χ0) is 9.68. The van der Waals surface area contributed by atoms with Gasteiger partial charge in [-0.3, -0.25) is 4.79 Å². The first kappa shape index (κ1) is 9.99. The Morgan fingerprint density at radius 2 is 2.23 bits per heavy atom. The molecule has 3 heteroatoms. The van der Waals surface area contributed by atoms with Crippen LogP contribution in [0.5, 0.6) is 0 Å². The number of nitrogens with zero attached hydrogens (tertiary/aromatic N) is 1. The molecule has 0 unspecified atom stereocenters. The van der Waals surface area contributed by atoms with Crippen LogP contribution >= 0.6 is 0 Å². The van der Waals surface area contributed by atoms with E-state index < -0.39 is 0 Å². The maximum absolute atomic E-state index is 11.2. The van der Waals surface area contributed by atoms with Gasteiger partial charge in [-0.25, -0.2) is 0 Å². The Hall–Kier alpha value is -1.09. The SMILES string of the molecule is CCn1cc(CCCN)ccc1=O. The Kier molecular flexibility index (Phi) is 3.71. The van der Waals surface area contributed by atoms with Crippen molar-refractivity contribution in [1.82, 2.24) is 4.57 Å². The summed E-state index contributed by atoms with van der Waals surface area (Å²) in [4.78, 5) is 11.2. The molecule has 3 nitrogen and oxygen atoms in total. The normalized spacial score (nSPS) is 10.3. The number of nitrogens with two attached hydrogens (primary N) is 1. The lowest BCUT2D eigenvalue weighted by molar-refractivity contribution is 0.711. The fourth-order valence-electron chi connectivity index (χ4n) is 1.28. The molecule has 72 valence electrons. The third-order valence-corrected chi connectivity index (χ3v) is 2.05. The second-order valence-electron chi connectivity index (χ2n) is 3.05. The number of aryl methyl sites for hydroxylation is 2. The minimum absolute atomic E-state index is 0.0685. The van der Waals surface area contributed by atoms with Crippen LogP contribution in [0.15, 0.2) is 23.1 Å². The molecule has 0 fully saturated rings. The summed E-state index contributed by atoms with van der Waals surface area (Å²) >= 11 is 0. The van der Waals surface area contributed by atoms with Crippen molar-refractivity contribution in [2.24, 2.45) is 5.73 Å². The fraction of sp³-hybridized carbons (Fsp3) is 0.500. The van der Waals surface area contributed by atoms with Crippen LogP contribution in [0.2, 0.25) is 0 Å². The number of hydrogen-bond acceptors (Lipinski definition) is 2. The summed E-state index contributed by atoms with van der Waals surface area (Å²) in [7, 11) is 0. The van der Waals surface area contributed by atoms with E-state index in [4.69, 9.17) is 5.73 Å². The fourth-order valence-corrected chi connectivity index (χ4v) is 1.28. The lowest BCUT2D eigenvalue weighted by Gasteiger charge is -2.04. The molecule has 0 radical (unpaired) electrons. The molecule has 0 aliphatic heterocycles. The van der Waals surface area contributed by atoms with Crippen molar-refractivity contribution in [3.63, 3.8) is 0 Å². The van der Waals surface area contributed by atoms with E-state index in [1.807, 2.05) is 19.2 Å². The van der Waals surface area contributed by atoms with Crippen LogP contribution in [-0.4, -0.2) is 11.1 Å². The van der Waals surface area contributed by atoms with Gasteiger partial charge in [-0.15, -0.1) is 0 Å². The monoisotopic (exact) mass is 180 g/mol. The third-order valence-electron chi connectivity index (χ3n) is 2.05. The molecule has 1 aromatic rings. The third kappa shape index (κ3) is 2.70. The Labute approximate surface area is 78.2 Å². The van der Waals surface area contributed by atoms with Gasteiger partial charge in [0, 0.05) is 18.8 Å². The predicted octanol–water partition coefficient (Wildman–Crippen LogP) is 0.760. The maximum Gasteiger partial charge on any atom is 0.250 e. The van der Waals surface area contributed by atoms with E-state index in [0.717, 1.165) is 19.4 Å². The highest BCUT2D eigenvalue weighted by molar-refractivity contribution is 5.10. The molecular weight excluding hydrogens is 164 g/mol. The largest absolute Gasteiger partial charge is 0.330 e. The Balaban J connectivity index is 2.80. The quantitative estimate of drug-likeness (QED) is 0.743. The van der Waals surface area contributed by atoms with Crippen molar-refractivity contribution in [2.75, 3.05) is 6.54 Å². The van der Waals surface area contributed by atoms with Gasteiger partial charge < -0.3 is 10.3 Å². The molecule has 1 heterocycles. The van der Waals surface area contributed by atoms with Gasteiger partial charge in [-0.05, 0) is 31.9 Å². The number of rotatable bonds is 4. The van der Waals surface area contributed by atoms with Gasteiger partial charge >= 0.3 is 0 Å². The van der Waals surface area contributed by atoms with Crippen LogP contribution < -0.4 is 11.3 Å². The van der Waals surface area contributed by atoms with Crippen molar-refractivity contribution in [2.45, 2.75) is 26.3 Å². The summed E-state index contributed by atoms with van der Waals surface area (Å²) in [5, 5.41) is 0. The van der Waals surface area contributed by atoms with Gasteiger partial charge in [0.2, 0.25) is 0 Å².